The largest absolute Gasteiger partial charge is 0.459 e. The fourth-order valence-corrected chi connectivity index (χ4v) is 1.31. The van der Waals surface area contributed by atoms with Gasteiger partial charge < -0.3 is 14.2 Å². The van der Waals surface area contributed by atoms with Crippen molar-refractivity contribution in [2.24, 2.45) is 5.41 Å². The van der Waals surface area contributed by atoms with Crippen LogP contribution in [0.5, 0.6) is 0 Å². The molecular weight excluding hydrogens is 280 g/mol. The van der Waals surface area contributed by atoms with E-state index in [0.717, 1.165) is 0 Å². The monoisotopic (exact) mass is 318 g/mol. The van der Waals surface area contributed by atoms with Crippen LogP contribution in [0.1, 0.15) is 76.7 Å². The van der Waals surface area contributed by atoms with Crippen molar-refractivity contribution in [3.05, 3.63) is 0 Å². The minimum absolute atomic E-state index is 0. The summed E-state index contributed by atoms with van der Waals surface area (Å²) in [7, 11) is 0. The van der Waals surface area contributed by atoms with Gasteiger partial charge in [-0.3, -0.25) is 4.79 Å². The number of hydrogen-bond acceptors (Lipinski definition) is 4. The Morgan fingerprint density at radius 1 is 0.682 bits per heavy atom. The third kappa shape index (κ3) is 11.0. The van der Waals surface area contributed by atoms with E-state index in [2.05, 4.69) is 0 Å². The van der Waals surface area contributed by atoms with Crippen molar-refractivity contribution in [3.63, 3.8) is 0 Å². The van der Waals surface area contributed by atoms with E-state index in [4.69, 9.17) is 14.2 Å². The zero-order valence-electron chi connectivity index (χ0n) is 15.5. The van der Waals surface area contributed by atoms with Crippen molar-refractivity contribution in [1.29, 1.82) is 0 Å². The highest BCUT2D eigenvalue weighted by Crippen LogP contribution is 2.27. The number of hydrogen-bond donors (Lipinski definition) is 0. The standard InChI is InChI=1S/C17H34O4.CH4/c1-14(2,3)19-11-17(10,12-20-15(4,5)6)13(18)21-16(7,8)9;/h11-12H2,1-10H3;1H4. The number of esters is 1. The molecule has 0 aliphatic carbocycles. The third-order valence-electron chi connectivity index (χ3n) is 2.54. The summed E-state index contributed by atoms with van der Waals surface area (Å²) >= 11 is 0. The average molecular weight is 318 g/mol. The van der Waals surface area contributed by atoms with Crippen LogP contribution >= 0.6 is 0 Å². The van der Waals surface area contributed by atoms with Gasteiger partial charge in [0.05, 0.1) is 24.4 Å². The molecule has 0 saturated carbocycles. The first-order valence-corrected chi connectivity index (χ1v) is 7.56. The Morgan fingerprint density at radius 3 is 1.23 bits per heavy atom. The molecule has 0 aliphatic heterocycles. The second kappa shape index (κ2) is 7.78. The highest BCUT2D eigenvalue weighted by atomic mass is 16.6. The van der Waals surface area contributed by atoms with Crippen LogP contribution in [0, 0.1) is 5.41 Å². The van der Waals surface area contributed by atoms with Crippen LogP contribution in [-0.2, 0) is 19.0 Å². The molecule has 0 aromatic carbocycles. The maximum absolute atomic E-state index is 12.5. The summed E-state index contributed by atoms with van der Waals surface area (Å²) in [5, 5.41) is 0. The first kappa shape index (κ1) is 23.7. The van der Waals surface area contributed by atoms with Gasteiger partial charge in [-0.1, -0.05) is 7.43 Å². The van der Waals surface area contributed by atoms with Gasteiger partial charge in [-0.15, -0.1) is 0 Å². The van der Waals surface area contributed by atoms with Crippen LogP contribution in [0.3, 0.4) is 0 Å². The van der Waals surface area contributed by atoms with Crippen LogP contribution in [-0.4, -0.2) is 36.0 Å². The van der Waals surface area contributed by atoms with Gasteiger partial charge in [0.1, 0.15) is 11.0 Å². The predicted molar refractivity (Wildman–Crippen MR) is 92.1 cm³/mol. The molecule has 134 valence electrons. The van der Waals surface area contributed by atoms with E-state index in [1.165, 1.54) is 0 Å². The van der Waals surface area contributed by atoms with Gasteiger partial charge in [0, 0.05) is 0 Å². The molecule has 0 amide bonds. The van der Waals surface area contributed by atoms with Crippen LogP contribution in [0.25, 0.3) is 0 Å². The molecule has 0 atom stereocenters. The quantitative estimate of drug-likeness (QED) is 0.695. The second-order valence-electron chi connectivity index (χ2n) is 8.86. The predicted octanol–water partition coefficient (Wildman–Crippen LogP) is 4.60. The van der Waals surface area contributed by atoms with Crippen molar-refractivity contribution in [2.75, 3.05) is 13.2 Å². The lowest BCUT2D eigenvalue weighted by molar-refractivity contribution is -0.182. The molecule has 0 heterocycles. The molecule has 22 heavy (non-hydrogen) atoms. The number of carbonyl (C=O) groups excluding carboxylic acids is 1. The van der Waals surface area contributed by atoms with Gasteiger partial charge in [0.2, 0.25) is 0 Å². The van der Waals surface area contributed by atoms with Crippen molar-refractivity contribution in [1.82, 2.24) is 0 Å². The Morgan fingerprint density at radius 2 is 1.00 bits per heavy atom. The molecule has 0 fully saturated rings. The maximum Gasteiger partial charge on any atom is 0.317 e. The van der Waals surface area contributed by atoms with Crippen molar-refractivity contribution in [2.45, 2.75) is 93.5 Å². The fraction of sp³-hybridized carbons (Fsp3) is 0.944. The Labute approximate surface area is 137 Å². The van der Waals surface area contributed by atoms with Crippen molar-refractivity contribution >= 4 is 5.97 Å². The Kier molecular flexibility index (Phi) is 8.36. The highest BCUT2D eigenvalue weighted by Gasteiger charge is 2.40. The van der Waals surface area contributed by atoms with Crippen molar-refractivity contribution < 1.29 is 19.0 Å². The summed E-state index contributed by atoms with van der Waals surface area (Å²) in [4.78, 5) is 12.5. The Bertz CT molecular complexity index is 322. The van der Waals surface area contributed by atoms with Crippen LogP contribution in [0.2, 0.25) is 0 Å². The molecule has 4 nitrogen and oxygen atoms in total. The molecule has 0 N–H and O–H groups in total. The first-order valence-electron chi connectivity index (χ1n) is 7.56. The minimum atomic E-state index is -0.826. The van der Waals surface area contributed by atoms with Crippen molar-refractivity contribution in [3.8, 4) is 0 Å². The van der Waals surface area contributed by atoms with Gasteiger partial charge in [-0.05, 0) is 69.2 Å². The van der Waals surface area contributed by atoms with Crippen LogP contribution < -0.4 is 0 Å². The molecule has 0 saturated heterocycles. The van der Waals surface area contributed by atoms with Crippen LogP contribution in [0.4, 0.5) is 0 Å². The first-order chi connectivity index (χ1) is 9.04. The lowest BCUT2D eigenvalue weighted by Crippen LogP contribution is -2.45. The van der Waals surface area contributed by atoms with E-state index in [-0.39, 0.29) is 37.8 Å². The van der Waals surface area contributed by atoms with Gasteiger partial charge in [0.25, 0.3) is 0 Å². The molecule has 0 spiro atoms. The molecule has 0 aromatic heterocycles. The lowest BCUT2D eigenvalue weighted by Gasteiger charge is -2.35. The SMILES string of the molecule is C.CC(C)(C)OCC(C)(COC(C)(C)C)C(=O)OC(C)(C)C. The van der Waals surface area contributed by atoms with E-state index in [1.807, 2.05) is 69.2 Å². The topological polar surface area (TPSA) is 44.8 Å². The van der Waals surface area contributed by atoms with Gasteiger partial charge in [0.15, 0.2) is 0 Å². The normalized spacial score (nSPS) is 13.5. The van der Waals surface area contributed by atoms with E-state index in [1.54, 1.807) is 0 Å². The van der Waals surface area contributed by atoms with Gasteiger partial charge in [-0.25, -0.2) is 0 Å². The molecule has 4 heteroatoms. The molecule has 0 bridgehead atoms. The Balaban J connectivity index is 0. The number of rotatable bonds is 5. The molecule has 0 aliphatic rings. The van der Waals surface area contributed by atoms with Crippen LogP contribution in [0.15, 0.2) is 0 Å². The Hall–Kier alpha value is -0.610. The van der Waals surface area contributed by atoms with E-state index in [0.29, 0.717) is 0 Å². The summed E-state index contributed by atoms with van der Waals surface area (Å²) in [6, 6.07) is 0. The smallest absolute Gasteiger partial charge is 0.317 e. The highest BCUT2D eigenvalue weighted by molar-refractivity contribution is 5.77. The second-order valence-corrected chi connectivity index (χ2v) is 8.86. The average Bonchev–Trinajstić information content (AvgIpc) is 2.19. The molecule has 0 unspecified atom stereocenters. The lowest BCUT2D eigenvalue weighted by atomic mass is 9.91. The van der Waals surface area contributed by atoms with Gasteiger partial charge >= 0.3 is 5.97 Å². The van der Waals surface area contributed by atoms with E-state index < -0.39 is 11.0 Å². The molecule has 0 radical (unpaired) electrons. The fourth-order valence-electron chi connectivity index (χ4n) is 1.31. The zero-order valence-corrected chi connectivity index (χ0v) is 15.5. The minimum Gasteiger partial charge on any atom is -0.459 e. The van der Waals surface area contributed by atoms with Gasteiger partial charge in [-0.2, -0.15) is 0 Å². The number of carbonyl (C=O) groups is 1. The number of ether oxygens (including phenoxy) is 3. The summed E-state index contributed by atoms with van der Waals surface area (Å²) in [6.45, 7) is 19.7. The molecule has 0 aromatic rings. The molecular formula is C18H38O4. The summed E-state index contributed by atoms with van der Waals surface area (Å²) in [6.07, 6.45) is 0. The van der Waals surface area contributed by atoms with E-state index in [9.17, 15) is 4.79 Å². The summed E-state index contributed by atoms with van der Waals surface area (Å²) < 4.78 is 17.2. The van der Waals surface area contributed by atoms with E-state index >= 15 is 0 Å². The molecule has 0 rings (SSSR count). The third-order valence-corrected chi connectivity index (χ3v) is 2.54. The zero-order chi connectivity index (χ0) is 17.1. The summed E-state index contributed by atoms with van der Waals surface area (Å²) in [5.41, 5.74) is -1.98. The summed E-state index contributed by atoms with van der Waals surface area (Å²) in [5.74, 6) is -0.288. The maximum atomic E-state index is 12.5.